The number of carbonyl (C=O) groups is 3. The van der Waals surface area contributed by atoms with Crippen molar-refractivity contribution < 1.29 is 38.4 Å². The maximum atomic E-state index is 14.0. The Morgan fingerprint density at radius 1 is 0.812 bits per heavy atom. The molecular weight excluding hydrogens is 889 g/mol. The number of likely N-dealkylation sites (N-methyl/N-ethyl adjacent to an activating group) is 1. The summed E-state index contributed by atoms with van der Waals surface area (Å²) < 4.78 is 23.2. The van der Waals surface area contributed by atoms with Crippen molar-refractivity contribution in [3.63, 3.8) is 0 Å². The van der Waals surface area contributed by atoms with Gasteiger partial charge in [0, 0.05) is 44.9 Å². The number of amides is 2. The lowest BCUT2D eigenvalue weighted by Crippen LogP contribution is -2.50. The van der Waals surface area contributed by atoms with Gasteiger partial charge in [-0.2, -0.15) is 0 Å². The van der Waals surface area contributed by atoms with Gasteiger partial charge in [-0.25, -0.2) is 4.98 Å². The summed E-state index contributed by atoms with van der Waals surface area (Å²) in [6, 6.07) is 36.6. The number of thiazole rings is 1. The Morgan fingerprint density at radius 3 is 2.04 bits per heavy atom. The number of aryl methyl sites for hydroxylation is 1. The molecule has 2 amide bonds. The number of ether oxygens (including phenoxy) is 4. The molecule has 69 heavy (non-hydrogen) atoms. The molecule has 6 rings (SSSR count). The highest BCUT2D eigenvalue weighted by atomic mass is 32.1. The third-order valence-corrected chi connectivity index (χ3v) is 13.4. The molecule has 368 valence electrons. The number of hydrogen-bond donors (Lipinski definition) is 2. The first kappa shape index (κ1) is 52.8. The van der Waals surface area contributed by atoms with E-state index in [0.29, 0.717) is 33.0 Å². The monoisotopic (exact) mass is 958 g/mol. The number of aliphatic hydroxyl groups is 1. The molecule has 0 spiro atoms. The predicted molar refractivity (Wildman–Crippen MR) is 274 cm³/mol. The molecule has 0 saturated carbocycles. The number of rotatable bonds is 26. The molecule has 5 aromatic rings. The summed E-state index contributed by atoms with van der Waals surface area (Å²) in [5.74, 6) is -0.746. The van der Waals surface area contributed by atoms with E-state index < -0.39 is 23.5 Å². The van der Waals surface area contributed by atoms with Gasteiger partial charge in [0.25, 0.3) is 0 Å². The third kappa shape index (κ3) is 15.7. The van der Waals surface area contributed by atoms with Crippen molar-refractivity contribution in [2.24, 2.45) is 11.3 Å². The van der Waals surface area contributed by atoms with Gasteiger partial charge < -0.3 is 39.2 Å². The number of carbonyl (C=O) groups excluding carboxylic acids is 3. The minimum Gasteiger partial charge on any atom is -0.492 e. The van der Waals surface area contributed by atoms with Crippen molar-refractivity contribution in [3.8, 4) is 16.2 Å². The minimum atomic E-state index is -0.836. The van der Waals surface area contributed by atoms with E-state index >= 15 is 0 Å². The van der Waals surface area contributed by atoms with Crippen LogP contribution in [0.1, 0.15) is 74.9 Å². The van der Waals surface area contributed by atoms with Crippen molar-refractivity contribution in [1.82, 2.24) is 20.1 Å². The zero-order valence-corrected chi connectivity index (χ0v) is 42.0. The zero-order valence-electron chi connectivity index (χ0n) is 41.2. The van der Waals surface area contributed by atoms with Gasteiger partial charge in [-0.15, -0.1) is 11.3 Å². The van der Waals surface area contributed by atoms with Gasteiger partial charge in [-0.05, 0) is 76.9 Å². The number of β-amino-alcohol motifs (C(OH)–C–C–N with tert-alkyl or cyclic N) is 1. The van der Waals surface area contributed by atoms with E-state index in [2.05, 4.69) is 88.9 Å². The van der Waals surface area contributed by atoms with Crippen molar-refractivity contribution >= 4 is 40.1 Å². The normalized spacial score (nSPS) is 15.8. The fourth-order valence-corrected chi connectivity index (χ4v) is 9.31. The lowest BCUT2D eigenvalue weighted by atomic mass is 9.77. The maximum Gasteiger partial charge on any atom is 0.243 e. The number of nitrogens with one attached hydrogen (secondary N) is 1. The first-order valence-corrected chi connectivity index (χ1v) is 25.0. The second kappa shape index (κ2) is 26.4. The summed E-state index contributed by atoms with van der Waals surface area (Å²) in [7, 11) is 2.04. The molecule has 1 aromatic heterocycles. The number of aromatic nitrogens is 1. The van der Waals surface area contributed by atoms with Gasteiger partial charge in [0.05, 0.1) is 55.2 Å². The number of nitrogens with zero attached hydrogens (tertiary/aromatic N) is 3. The topological polar surface area (TPSA) is 140 Å². The van der Waals surface area contributed by atoms with Crippen molar-refractivity contribution in [3.05, 3.63) is 143 Å². The van der Waals surface area contributed by atoms with E-state index in [1.807, 2.05) is 82.7 Å². The standard InChI is InChI=1S/C56H70N4O8S/c1-7-49(42-14-10-8-11-15-42)52(43-16-12-9-13-17-43)44-22-24-48(25-23-44)68-29-27-59(6)26-28-65-30-31-66-32-33-67-38-47(62)34-50(56(3,4)5)55(64)60-37-46(61)35-51(60)54(63)57-36-41-18-20-45(21-19-41)53-40(2)58-39-69-53/h8-25,39,46,50-51,61H,7,26-38H2,1-6H3,(H,57,63)/b52-49-/t46-,50-,51+/m1/s1. The van der Waals surface area contributed by atoms with E-state index in [9.17, 15) is 19.5 Å². The molecule has 2 N–H and O–H groups in total. The van der Waals surface area contributed by atoms with Gasteiger partial charge in [0.15, 0.2) is 5.78 Å². The number of hydrogen-bond acceptors (Lipinski definition) is 11. The molecule has 1 fully saturated rings. The summed E-state index contributed by atoms with van der Waals surface area (Å²) >= 11 is 1.58. The Bertz CT molecular complexity index is 2400. The van der Waals surface area contributed by atoms with Crippen molar-refractivity contribution in [2.75, 3.05) is 72.9 Å². The fourth-order valence-electron chi connectivity index (χ4n) is 8.50. The summed E-state index contributed by atoms with van der Waals surface area (Å²) in [6.07, 6.45) is 0.167. The van der Waals surface area contributed by atoms with E-state index in [-0.39, 0.29) is 56.7 Å². The van der Waals surface area contributed by atoms with Crippen molar-refractivity contribution in [1.29, 1.82) is 0 Å². The van der Waals surface area contributed by atoms with Crippen LogP contribution >= 0.6 is 11.3 Å². The van der Waals surface area contributed by atoms with E-state index in [1.54, 1.807) is 11.3 Å². The third-order valence-electron chi connectivity index (χ3n) is 12.4. The second-order valence-electron chi connectivity index (χ2n) is 18.6. The Morgan fingerprint density at radius 2 is 1.42 bits per heavy atom. The highest BCUT2D eigenvalue weighted by Gasteiger charge is 2.44. The maximum absolute atomic E-state index is 14.0. The van der Waals surface area contributed by atoms with Crippen LogP contribution in [0.3, 0.4) is 0 Å². The zero-order chi connectivity index (χ0) is 49.2. The van der Waals surface area contributed by atoms with Crippen LogP contribution in [0.4, 0.5) is 0 Å². The van der Waals surface area contributed by atoms with Crippen molar-refractivity contribution in [2.45, 2.75) is 72.6 Å². The Hall–Kier alpha value is -5.54. The Labute approximate surface area is 412 Å². The Kier molecular flexibility index (Phi) is 20.2. The van der Waals surface area contributed by atoms with Crippen LogP contribution < -0.4 is 10.1 Å². The summed E-state index contributed by atoms with van der Waals surface area (Å²) in [5.41, 5.74) is 10.3. The molecule has 1 aliphatic heterocycles. The van der Waals surface area contributed by atoms with Crippen LogP contribution in [-0.4, -0.2) is 123 Å². The molecule has 1 aliphatic rings. The lowest BCUT2D eigenvalue weighted by Gasteiger charge is -2.34. The number of aliphatic hydroxyl groups excluding tert-OH is 1. The van der Waals surface area contributed by atoms with Crippen LogP contribution in [0.25, 0.3) is 21.6 Å². The number of ketones is 1. The smallest absolute Gasteiger partial charge is 0.243 e. The number of Topliss-reactive ketones (excluding diaryl/α,β-unsaturated/α-hetero) is 1. The molecule has 0 bridgehead atoms. The predicted octanol–water partition coefficient (Wildman–Crippen LogP) is 8.75. The summed E-state index contributed by atoms with van der Waals surface area (Å²) in [6.45, 7) is 14.0. The summed E-state index contributed by atoms with van der Waals surface area (Å²) in [4.78, 5) is 49.6. The molecule has 12 nitrogen and oxygen atoms in total. The van der Waals surface area contributed by atoms with Crippen LogP contribution in [0.2, 0.25) is 0 Å². The van der Waals surface area contributed by atoms with Gasteiger partial charge in [0.2, 0.25) is 11.8 Å². The van der Waals surface area contributed by atoms with Crippen LogP contribution in [0.5, 0.6) is 5.75 Å². The average Bonchev–Trinajstić information content (AvgIpc) is 3.97. The van der Waals surface area contributed by atoms with Crippen LogP contribution in [0.15, 0.2) is 115 Å². The molecular formula is C56H70N4O8S. The molecule has 3 atom stereocenters. The number of allylic oxidation sites excluding steroid dienone is 1. The molecule has 0 radical (unpaired) electrons. The molecule has 2 heterocycles. The van der Waals surface area contributed by atoms with Gasteiger partial charge in [-0.3, -0.25) is 14.4 Å². The number of likely N-dealkylation sites (tertiary alicyclic amines) is 1. The van der Waals surface area contributed by atoms with Gasteiger partial charge in [-0.1, -0.05) is 125 Å². The molecule has 1 saturated heterocycles. The quantitative estimate of drug-likeness (QED) is 0.0409. The van der Waals surface area contributed by atoms with E-state index in [1.165, 1.54) is 27.2 Å². The Balaban J connectivity index is 0.835. The number of benzene rings is 4. The average molecular weight is 959 g/mol. The molecule has 4 aromatic carbocycles. The minimum absolute atomic E-state index is 0.0329. The first-order valence-electron chi connectivity index (χ1n) is 24.1. The highest BCUT2D eigenvalue weighted by Crippen LogP contribution is 2.36. The highest BCUT2D eigenvalue weighted by molar-refractivity contribution is 7.13. The largest absolute Gasteiger partial charge is 0.492 e. The molecule has 0 unspecified atom stereocenters. The SMILES string of the molecule is CC/C(=C(\c1ccccc1)c1ccc(OCCN(C)CCOCCOCCOCC(=O)C[C@H](C(=O)N2C[C@H](O)C[C@H]2C(=O)NCc2ccc(-c3scnc3C)cc2)C(C)(C)C)cc1)c1ccccc1. The van der Waals surface area contributed by atoms with E-state index in [4.69, 9.17) is 18.9 Å². The van der Waals surface area contributed by atoms with Gasteiger partial charge in [0.1, 0.15) is 25.0 Å². The fraction of sp³-hybridized carbons (Fsp3) is 0.429. The van der Waals surface area contributed by atoms with Crippen LogP contribution in [-0.2, 0) is 35.1 Å². The summed E-state index contributed by atoms with van der Waals surface area (Å²) in [5, 5.41) is 13.5. The van der Waals surface area contributed by atoms with Crippen LogP contribution in [0, 0.1) is 18.3 Å². The van der Waals surface area contributed by atoms with E-state index in [0.717, 1.165) is 52.5 Å². The molecule has 0 aliphatic carbocycles. The lowest BCUT2D eigenvalue weighted by molar-refractivity contribution is -0.146. The first-order chi connectivity index (χ1) is 33.3. The van der Waals surface area contributed by atoms with Gasteiger partial charge >= 0.3 is 0 Å². The second-order valence-corrected chi connectivity index (χ2v) is 19.5. The molecule has 13 heteroatoms.